The second-order valence-corrected chi connectivity index (χ2v) is 2.28. The minimum absolute atomic E-state index is 0.369. The molecule has 1 heterocycles. The Balaban J connectivity index is 2.72. The molecule has 4 heteroatoms. The average molecular weight is 129 g/mol. The lowest BCUT2D eigenvalue weighted by Gasteiger charge is -2.22. The zero-order valence-corrected chi connectivity index (χ0v) is 5.21. The van der Waals surface area contributed by atoms with Gasteiger partial charge in [-0.2, -0.15) is 0 Å². The first kappa shape index (κ1) is 6.35. The van der Waals surface area contributed by atoms with E-state index in [9.17, 15) is 5.21 Å². The van der Waals surface area contributed by atoms with Gasteiger partial charge in [0.1, 0.15) is 6.17 Å². The average Bonchev–Trinajstić information content (AvgIpc) is 1.83. The van der Waals surface area contributed by atoms with Crippen molar-refractivity contribution in [3.8, 4) is 0 Å². The van der Waals surface area contributed by atoms with Crippen molar-refractivity contribution in [2.24, 2.45) is 11.5 Å². The van der Waals surface area contributed by atoms with E-state index in [1.807, 2.05) is 0 Å². The second-order valence-electron chi connectivity index (χ2n) is 2.28. The highest BCUT2D eigenvalue weighted by Crippen LogP contribution is 2.05. The summed E-state index contributed by atoms with van der Waals surface area (Å²) in [4.78, 5) is 0. The molecule has 1 rings (SSSR count). The Hall–Kier alpha value is -0.770. The SMILES string of the molecule is NC1=[N+]([O-])C(N)CCC1. The summed E-state index contributed by atoms with van der Waals surface area (Å²) in [5, 5.41) is 10.8. The highest BCUT2D eigenvalue weighted by molar-refractivity contribution is 5.75. The lowest BCUT2D eigenvalue weighted by molar-refractivity contribution is -0.507. The molecule has 52 valence electrons. The van der Waals surface area contributed by atoms with Crippen LogP contribution in [-0.4, -0.2) is 16.7 Å². The molecule has 0 saturated carbocycles. The van der Waals surface area contributed by atoms with Crippen LogP contribution in [0.1, 0.15) is 19.3 Å². The van der Waals surface area contributed by atoms with Crippen LogP contribution in [0.25, 0.3) is 0 Å². The number of hydroxylamine groups is 1. The third-order valence-corrected chi connectivity index (χ3v) is 1.52. The van der Waals surface area contributed by atoms with Gasteiger partial charge in [0.05, 0.1) is 0 Å². The van der Waals surface area contributed by atoms with Crippen LogP contribution in [0.3, 0.4) is 0 Å². The smallest absolute Gasteiger partial charge is 0.246 e. The van der Waals surface area contributed by atoms with Gasteiger partial charge in [-0.1, -0.05) is 0 Å². The number of nitrogens with two attached hydrogens (primary N) is 2. The van der Waals surface area contributed by atoms with E-state index in [-0.39, 0.29) is 0 Å². The summed E-state index contributed by atoms with van der Waals surface area (Å²) in [5.74, 6) is 0.369. The molecule has 4 N–H and O–H groups in total. The normalized spacial score (nSPS) is 28.8. The summed E-state index contributed by atoms with van der Waals surface area (Å²) in [5.41, 5.74) is 10.7. The molecule has 0 radical (unpaired) electrons. The topological polar surface area (TPSA) is 78.1 Å². The molecule has 0 fully saturated rings. The van der Waals surface area contributed by atoms with Crippen LogP contribution in [0.5, 0.6) is 0 Å². The molecule has 1 aliphatic heterocycles. The minimum atomic E-state index is -0.404. The number of hydrogen-bond donors (Lipinski definition) is 2. The van der Waals surface area contributed by atoms with Crippen LogP contribution in [0.15, 0.2) is 0 Å². The van der Waals surface area contributed by atoms with Gasteiger partial charge in [-0.05, 0) is 6.42 Å². The van der Waals surface area contributed by atoms with Crippen molar-refractivity contribution >= 4 is 5.84 Å². The quantitative estimate of drug-likeness (QED) is 0.336. The standard InChI is InChI=1S/C5H11N3O/c6-4-2-1-3-5(7)8(4)9/h4H,1-3,6-7H2. The molecular formula is C5H11N3O. The van der Waals surface area contributed by atoms with Crippen LogP contribution in [0.2, 0.25) is 0 Å². The zero-order valence-electron chi connectivity index (χ0n) is 5.21. The summed E-state index contributed by atoms with van der Waals surface area (Å²) in [6.07, 6.45) is 1.98. The van der Waals surface area contributed by atoms with E-state index in [2.05, 4.69) is 0 Å². The predicted octanol–water partition coefficient (Wildman–Crippen LogP) is -0.677. The van der Waals surface area contributed by atoms with Gasteiger partial charge >= 0.3 is 0 Å². The highest BCUT2D eigenvalue weighted by Gasteiger charge is 2.15. The van der Waals surface area contributed by atoms with E-state index in [0.717, 1.165) is 12.8 Å². The third-order valence-electron chi connectivity index (χ3n) is 1.52. The van der Waals surface area contributed by atoms with Gasteiger partial charge in [-0.15, -0.1) is 0 Å². The Bertz CT molecular complexity index is 143. The Labute approximate surface area is 53.7 Å². The molecule has 0 aromatic heterocycles. The number of amidine groups is 1. The maximum atomic E-state index is 10.8. The number of nitrogens with zero attached hydrogens (tertiary/aromatic N) is 1. The molecular weight excluding hydrogens is 118 g/mol. The first-order valence-corrected chi connectivity index (χ1v) is 3.05. The van der Waals surface area contributed by atoms with Gasteiger partial charge in [0, 0.05) is 12.8 Å². The van der Waals surface area contributed by atoms with Crippen molar-refractivity contribution < 1.29 is 4.74 Å². The van der Waals surface area contributed by atoms with E-state index in [1.165, 1.54) is 0 Å². The fraction of sp³-hybridized carbons (Fsp3) is 0.800. The molecule has 0 aliphatic carbocycles. The minimum Gasteiger partial charge on any atom is -0.714 e. The van der Waals surface area contributed by atoms with Gasteiger partial charge in [0.2, 0.25) is 5.84 Å². The molecule has 1 atom stereocenters. The van der Waals surface area contributed by atoms with Crippen molar-refractivity contribution in [2.45, 2.75) is 25.4 Å². The third kappa shape index (κ3) is 1.13. The molecule has 1 unspecified atom stereocenters. The van der Waals surface area contributed by atoms with Gasteiger partial charge in [0.15, 0.2) is 0 Å². The second kappa shape index (κ2) is 2.23. The summed E-state index contributed by atoms with van der Waals surface area (Å²) in [6.45, 7) is 0. The van der Waals surface area contributed by atoms with Gasteiger partial charge in [0.25, 0.3) is 0 Å². The van der Waals surface area contributed by atoms with Crippen LogP contribution in [0.4, 0.5) is 0 Å². The van der Waals surface area contributed by atoms with E-state index in [0.29, 0.717) is 17.0 Å². The fourth-order valence-electron chi connectivity index (χ4n) is 0.933. The molecule has 0 amide bonds. The zero-order chi connectivity index (χ0) is 6.85. The maximum Gasteiger partial charge on any atom is 0.246 e. The highest BCUT2D eigenvalue weighted by atomic mass is 16.5. The molecule has 0 aromatic rings. The van der Waals surface area contributed by atoms with Crippen molar-refractivity contribution in [1.82, 2.24) is 0 Å². The number of rotatable bonds is 0. The summed E-state index contributed by atoms with van der Waals surface area (Å²) in [6, 6.07) is 0. The largest absolute Gasteiger partial charge is 0.714 e. The molecule has 0 aromatic carbocycles. The predicted molar refractivity (Wildman–Crippen MR) is 34.6 cm³/mol. The van der Waals surface area contributed by atoms with Crippen LogP contribution < -0.4 is 11.5 Å². The molecule has 1 aliphatic rings. The monoisotopic (exact) mass is 129 g/mol. The molecule has 0 bridgehead atoms. The number of hydrogen-bond acceptors (Lipinski definition) is 3. The van der Waals surface area contributed by atoms with Crippen LogP contribution in [-0.2, 0) is 0 Å². The molecule has 0 saturated heterocycles. The fourth-order valence-corrected chi connectivity index (χ4v) is 0.933. The Kier molecular flexibility index (Phi) is 1.57. The Morgan fingerprint density at radius 3 is 2.78 bits per heavy atom. The summed E-state index contributed by atoms with van der Waals surface area (Å²) in [7, 11) is 0. The van der Waals surface area contributed by atoms with Crippen LogP contribution >= 0.6 is 0 Å². The molecule has 4 nitrogen and oxygen atoms in total. The van der Waals surface area contributed by atoms with Gasteiger partial charge in [-0.3, -0.25) is 16.2 Å². The van der Waals surface area contributed by atoms with Crippen molar-refractivity contribution in [1.29, 1.82) is 0 Å². The molecule has 9 heavy (non-hydrogen) atoms. The van der Waals surface area contributed by atoms with Crippen LogP contribution in [0, 0.1) is 5.21 Å². The lowest BCUT2D eigenvalue weighted by atomic mass is 10.1. The van der Waals surface area contributed by atoms with Crippen molar-refractivity contribution in [2.75, 3.05) is 0 Å². The lowest BCUT2D eigenvalue weighted by Crippen LogP contribution is -2.41. The summed E-state index contributed by atoms with van der Waals surface area (Å²) < 4.78 is 0.698. The Morgan fingerprint density at radius 2 is 2.33 bits per heavy atom. The van der Waals surface area contributed by atoms with Gasteiger partial charge in [-0.25, -0.2) is 0 Å². The first-order chi connectivity index (χ1) is 4.22. The maximum absolute atomic E-state index is 10.8. The summed E-state index contributed by atoms with van der Waals surface area (Å²) >= 11 is 0. The first-order valence-electron chi connectivity index (χ1n) is 3.05. The van der Waals surface area contributed by atoms with E-state index in [4.69, 9.17) is 11.5 Å². The molecule has 0 spiro atoms. The van der Waals surface area contributed by atoms with Gasteiger partial charge < -0.3 is 5.21 Å². The Morgan fingerprint density at radius 1 is 1.67 bits per heavy atom. The van der Waals surface area contributed by atoms with Crippen molar-refractivity contribution in [3.05, 3.63) is 5.21 Å². The van der Waals surface area contributed by atoms with Crippen molar-refractivity contribution in [3.63, 3.8) is 0 Å². The van der Waals surface area contributed by atoms with E-state index >= 15 is 0 Å². The van der Waals surface area contributed by atoms with E-state index in [1.54, 1.807) is 0 Å². The van der Waals surface area contributed by atoms with E-state index < -0.39 is 6.17 Å².